The molecule has 0 aliphatic carbocycles. The molecular formula is C9H5FIN. The highest BCUT2D eigenvalue weighted by Crippen LogP contribution is 2.20. The highest BCUT2D eigenvalue weighted by molar-refractivity contribution is 14.1. The van der Waals surface area contributed by atoms with Crippen molar-refractivity contribution in [3.8, 4) is 0 Å². The SMILES string of the molecule is [C-]#[N+]c1ccc(/C(F)=C/I)cc1. The summed E-state index contributed by atoms with van der Waals surface area (Å²) >= 11 is 1.84. The number of hydrogen-bond acceptors (Lipinski definition) is 0. The van der Waals surface area contributed by atoms with E-state index in [1.165, 1.54) is 4.08 Å². The molecule has 12 heavy (non-hydrogen) atoms. The van der Waals surface area contributed by atoms with Gasteiger partial charge in [0.1, 0.15) is 5.83 Å². The molecule has 0 aliphatic heterocycles. The quantitative estimate of drug-likeness (QED) is 0.539. The molecule has 0 unspecified atom stereocenters. The van der Waals surface area contributed by atoms with Gasteiger partial charge in [0.05, 0.1) is 6.57 Å². The molecule has 1 aromatic carbocycles. The van der Waals surface area contributed by atoms with Crippen LogP contribution in [0.3, 0.4) is 0 Å². The van der Waals surface area contributed by atoms with Gasteiger partial charge >= 0.3 is 0 Å². The zero-order chi connectivity index (χ0) is 8.97. The number of rotatable bonds is 1. The van der Waals surface area contributed by atoms with Crippen LogP contribution in [0.15, 0.2) is 28.3 Å². The van der Waals surface area contributed by atoms with Crippen molar-refractivity contribution < 1.29 is 4.39 Å². The molecule has 0 aromatic heterocycles. The third kappa shape index (κ3) is 2.05. The van der Waals surface area contributed by atoms with Crippen LogP contribution in [0, 0.1) is 6.57 Å². The molecule has 0 bridgehead atoms. The Morgan fingerprint density at radius 2 is 2.00 bits per heavy atom. The Hall–Kier alpha value is -0.890. The largest absolute Gasteiger partial charge is 0.238 e. The van der Waals surface area contributed by atoms with Crippen LogP contribution in [-0.4, -0.2) is 0 Å². The maximum atomic E-state index is 12.9. The van der Waals surface area contributed by atoms with Gasteiger partial charge < -0.3 is 0 Å². The van der Waals surface area contributed by atoms with Crippen molar-refractivity contribution in [2.75, 3.05) is 0 Å². The lowest BCUT2D eigenvalue weighted by atomic mass is 10.2. The van der Waals surface area contributed by atoms with Crippen LogP contribution in [0.2, 0.25) is 0 Å². The maximum absolute atomic E-state index is 12.9. The number of benzene rings is 1. The molecule has 0 atom stereocenters. The van der Waals surface area contributed by atoms with Crippen LogP contribution in [0.25, 0.3) is 10.7 Å². The molecule has 1 rings (SSSR count). The van der Waals surface area contributed by atoms with Crippen LogP contribution in [-0.2, 0) is 0 Å². The topological polar surface area (TPSA) is 4.36 Å². The van der Waals surface area contributed by atoms with Gasteiger partial charge in [0, 0.05) is 9.65 Å². The Morgan fingerprint density at radius 3 is 2.42 bits per heavy atom. The van der Waals surface area contributed by atoms with E-state index in [0.717, 1.165) is 0 Å². The molecule has 0 saturated carbocycles. The normalized spacial score (nSPS) is 10.9. The predicted molar refractivity (Wildman–Crippen MR) is 55.8 cm³/mol. The number of nitrogens with zero attached hydrogens (tertiary/aromatic N) is 1. The van der Waals surface area contributed by atoms with Crippen molar-refractivity contribution in [1.82, 2.24) is 0 Å². The summed E-state index contributed by atoms with van der Waals surface area (Å²) in [6.07, 6.45) is 0. The average molecular weight is 273 g/mol. The Morgan fingerprint density at radius 1 is 1.42 bits per heavy atom. The summed E-state index contributed by atoms with van der Waals surface area (Å²) < 4.78 is 14.2. The first-order valence-corrected chi connectivity index (χ1v) is 4.46. The van der Waals surface area contributed by atoms with Crippen LogP contribution in [0.4, 0.5) is 10.1 Å². The van der Waals surface area contributed by atoms with Crippen LogP contribution < -0.4 is 0 Å². The third-order valence-corrected chi connectivity index (χ3v) is 1.91. The second kappa shape index (κ2) is 4.21. The van der Waals surface area contributed by atoms with Crippen LogP contribution in [0.1, 0.15) is 5.56 Å². The highest BCUT2D eigenvalue weighted by atomic mass is 127. The van der Waals surface area contributed by atoms with E-state index >= 15 is 0 Å². The second-order valence-corrected chi connectivity index (χ2v) is 2.74. The maximum Gasteiger partial charge on any atom is 0.187 e. The zero-order valence-electron chi connectivity index (χ0n) is 6.09. The first-order valence-electron chi connectivity index (χ1n) is 3.21. The highest BCUT2D eigenvalue weighted by Gasteiger charge is 1.97. The van der Waals surface area contributed by atoms with Crippen LogP contribution >= 0.6 is 22.6 Å². The second-order valence-electron chi connectivity index (χ2n) is 2.12. The fourth-order valence-electron chi connectivity index (χ4n) is 0.758. The molecule has 1 aromatic rings. The van der Waals surface area contributed by atoms with Crippen molar-refractivity contribution in [1.29, 1.82) is 0 Å². The molecule has 0 fully saturated rings. The Balaban J connectivity index is 3.02. The molecule has 0 N–H and O–H groups in total. The Kier molecular flexibility index (Phi) is 3.23. The van der Waals surface area contributed by atoms with Gasteiger partial charge in [-0.3, -0.25) is 0 Å². The standard InChI is InChI=1S/C9H5FIN/c1-12-8-4-2-7(3-5-8)9(10)6-11/h2-6H/b9-6-. The van der Waals surface area contributed by atoms with Gasteiger partial charge in [0.2, 0.25) is 0 Å². The molecule has 0 spiro atoms. The minimum Gasteiger partial charge on any atom is -0.238 e. The summed E-state index contributed by atoms with van der Waals surface area (Å²) in [5.41, 5.74) is 1.04. The van der Waals surface area contributed by atoms with Gasteiger partial charge in [-0.25, -0.2) is 9.24 Å². The molecule has 3 heteroatoms. The first-order chi connectivity index (χ1) is 5.77. The smallest absolute Gasteiger partial charge is 0.187 e. The summed E-state index contributed by atoms with van der Waals surface area (Å²) in [4.78, 5) is 3.20. The lowest BCUT2D eigenvalue weighted by Gasteiger charge is -1.95. The minimum absolute atomic E-state index is 0.271. The molecule has 0 amide bonds. The molecule has 0 heterocycles. The van der Waals surface area contributed by atoms with Gasteiger partial charge in [0.15, 0.2) is 5.69 Å². The fourth-order valence-corrected chi connectivity index (χ4v) is 1.12. The van der Waals surface area contributed by atoms with Gasteiger partial charge in [0.25, 0.3) is 0 Å². The molecule has 0 saturated heterocycles. The summed E-state index contributed by atoms with van der Waals surface area (Å²) in [6.45, 7) is 6.68. The fraction of sp³-hybridized carbons (Fsp3) is 0. The molecule has 0 aliphatic rings. The van der Waals surface area contributed by atoms with E-state index in [1.54, 1.807) is 24.3 Å². The number of hydrogen-bond donors (Lipinski definition) is 0. The Bertz CT molecular complexity index is 335. The third-order valence-electron chi connectivity index (χ3n) is 1.37. The number of halogens is 2. The summed E-state index contributed by atoms with van der Waals surface area (Å²) in [5.74, 6) is -0.271. The first kappa shape index (κ1) is 9.20. The zero-order valence-corrected chi connectivity index (χ0v) is 8.25. The van der Waals surface area contributed by atoms with E-state index in [-0.39, 0.29) is 5.83 Å². The molecular weight excluding hydrogens is 268 g/mol. The summed E-state index contributed by atoms with van der Waals surface area (Å²) in [7, 11) is 0. The van der Waals surface area contributed by atoms with Crippen molar-refractivity contribution >= 4 is 34.1 Å². The van der Waals surface area contributed by atoms with Crippen molar-refractivity contribution in [3.63, 3.8) is 0 Å². The van der Waals surface area contributed by atoms with E-state index in [9.17, 15) is 4.39 Å². The molecule has 0 radical (unpaired) electrons. The summed E-state index contributed by atoms with van der Waals surface area (Å²) in [6, 6.07) is 6.39. The van der Waals surface area contributed by atoms with E-state index in [4.69, 9.17) is 6.57 Å². The lowest BCUT2D eigenvalue weighted by molar-refractivity contribution is 0.763. The average Bonchev–Trinajstić information content (AvgIpc) is 2.17. The van der Waals surface area contributed by atoms with Gasteiger partial charge in [-0.15, -0.1) is 0 Å². The summed E-state index contributed by atoms with van der Waals surface area (Å²) in [5, 5.41) is 0. The minimum atomic E-state index is -0.271. The van der Waals surface area contributed by atoms with E-state index in [0.29, 0.717) is 11.3 Å². The predicted octanol–water partition coefficient (Wildman–Crippen LogP) is 3.94. The molecule has 1 nitrogen and oxygen atoms in total. The molecule has 60 valence electrons. The van der Waals surface area contributed by atoms with E-state index in [2.05, 4.69) is 4.85 Å². The monoisotopic (exact) mass is 273 g/mol. The van der Waals surface area contributed by atoms with Crippen molar-refractivity contribution in [2.24, 2.45) is 0 Å². The van der Waals surface area contributed by atoms with Crippen molar-refractivity contribution in [3.05, 3.63) is 45.3 Å². The van der Waals surface area contributed by atoms with Crippen molar-refractivity contribution in [2.45, 2.75) is 0 Å². The van der Waals surface area contributed by atoms with E-state index in [1.807, 2.05) is 22.6 Å². The van der Waals surface area contributed by atoms with Gasteiger partial charge in [-0.2, -0.15) is 0 Å². The van der Waals surface area contributed by atoms with E-state index < -0.39 is 0 Å². The van der Waals surface area contributed by atoms with Crippen LogP contribution in [0.5, 0.6) is 0 Å². The Labute approximate surface area is 83.9 Å². The lowest BCUT2D eigenvalue weighted by Crippen LogP contribution is -1.73. The van der Waals surface area contributed by atoms with Gasteiger partial charge in [-0.05, 0) is 22.6 Å². The van der Waals surface area contributed by atoms with Gasteiger partial charge in [-0.1, -0.05) is 24.3 Å².